The molecule has 144 valence electrons. The predicted octanol–water partition coefficient (Wildman–Crippen LogP) is 3.20. The fourth-order valence-electron chi connectivity index (χ4n) is 3.70. The van der Waals surface area contributed by atoms with Crippen LogP contribution in [-0.2, 0) is 35.0 Å². The van der Waals surface area contributed by atoms with Crippen LogP contribution in [0, 0.1) is 3.57 Å². The molecule has 3 aliphatic rings. The highest BCUT2D eigenvalue weighted by atomic mass is 127. The molecule has 4 rings (SSSR count). The van der Waals surface area contributed by atoms with Crippen molar-refractivity contribution in [2.45, 2.75) is 76.6 Å². The van der Waals surface area contributed by atoms with Crippen LogP contribution >= 0.6 is 22.6 Å². The second-order valence-electron chi connectivity index (χ2n) is 7.85. The van der Waals surface area contributed by atoms with Gasteiger partial charge in [0.2, 0.25) is 0 Å². The van der Waals surface area contributed by atoms with Gasteiger partial charge in [-0.15, -0.1) is 0 Å². The van der Waals surface area contributed by atoms with E-state index in [1.54, 1.807) is 0 Å². The minimum atomic E-state index is -0.701. The molecular formula is C19H25IO6. The third-order valence-electron chi connectivity index (χ3n) is 4.71. The molecule has 0 spiro atoms. The summed E-state index contributed by atoms with van der Waals surface area (Å²) in [5.41, 5.74) is 1.13. The number of hydrogen-bond acceptors (Lipinski definition) is 6. The van der Waals surface area contributed by atoms with Gasteiger partial charge in [-0.3, -0.25) is 0 Å². The molecule has 3 heterocycles. The van der Waals surface area contributed by atoms with Gasteiger partial charge in [-0.2, -0.15) is 0 Å². The maximum Gasteiger partial charge on any atom is 0.190 e. The molecule has 0 saturated carbocycles. The lowest BCUT2D eigenvalue weighted by molar-refractivity contribution is -0.243. The van der Waals surface area contributed by atoms with Crippen LogP contribution in [0.5, 0.6) is 0 Å². The van der Waals surface area contributed by atoms with Gasteiger partial charge < -0.3 is 28.4 Å². The van der Waals surface area contributed by atoms with Crippen LogP contribution in [0.4, 0.5) is 0 Å². The van der Waals surface area contributed by atoms with Crippen molar-refractivity contribution >= 4 is 22.6 Å². The summed E-state index contributed by atoms with van der Waals surface area (Å²) in [5.74, 6) is -1.38. The molecule has 1 aromatic rings. The normalized spacial score (nSPS) is 37.3. The number of fused-ring (bicyclic) bond motifs is 3. The van der Waals surface area contributed by atoms with E-state index in [1.807, 2.05) is 27.7 Å². The van der Waals surface area contributed by atoms with E-state index < -0.39 is 17.9 Å². The summed E-state index contributed by atoms with van der Waals surface area (Å²) in [6.07, 6.45) is -1.54. The Bertz CT molecular complexity index is 646. The van der Waals surface area contributed by atoms with Gasteiger partial charge in [0.25, 0.3) is 0 Å². The smallest absolute Gasteiger partial charge is 0.190 e. The predicted molar refractivity (Wildman–Crippen MR) is 101 cm³/mol. The maximum atomic E-state index is 6.13. The Labute approximate surface area is 167 Å². The molecule has 0 unspecified atom stereocenters. The Morgan fingerprint density at radius 3 is 2.23 bits per heavy atom. The summed E-state index contributed by atoms with van der Waals surface area (Å²) in [6, 6.07) is 8.27. The van der Waals surface area contributed by atoms with Crippen molar-refractivity contribution in [1.82, 2.24) is 0 Å². The zero-order chi connectivity index (χ0) is 18.5. The van der Waals surface area contributed by atoms with E-state index in [0.717, 1.165) is 5.56 Å². The van der Waals surface area contributed by atoms with Crippen molar-refractivity contribution in [3.8, 4) is 0 Å². The highest BCUT2D eigenvalue weighted by molar-refractivity contribution is 14.1. The molecule has 3 aliphatic heterocycles. The third-order valence-corrected chi connectivity index (χ3v) is 5.43. The standard InChI is InChI=1S/C19H25IO6/c1-18(2)23-14-13(10-21-9-11-5-7-12(20)8-6-11)22-17-16(15(14)24-18)25-19(3,4)26-17/h5-8,13-17H,9-10H2,1-4H3/t13-,14+,15+,16-,17-/m1/s1. The molecule has 6 nitrogen and oxygen atoms in total. The maximum absolute atomic E-state index is 6.13. The first-order valence-electron chi connectivity index (χ1n) is 8.91. The first-order chi connectivity index (χ1) is 12.2. The van der Waals surface area contributed by atoms with Crippen molar-refractivity contribution in [2.75, 3.05) is 6.61 Å². The SMILES string of the molecule is CC1(C)O[C@H]2[C@@H](O1)[C@@H](COCc1ccc(I)cc1)O[C@@H]1OC(C)(C)O[C@@H]12. The molecule has 26 heavy (non-hydrogen) atoms. The first-order valence-corrected chi connectivity index (χ1v) is 9.99. The Hall–Kier alpha value is -0.290. The van der Waals surface area contributed by atoms with Crippen LogP contribution in [0.2, 0.25) is 0 Å². The molecule has 0 bridgehead atoms. The van der Waals surface area contributed by atoms with Gasteiger partial charge in [0.15, 0.2) is 17.9 Å². The van der Waals surface area contributed by atoms with Gasteiger partial charge in [-0.25, -0.2) is 0 Å². The van der Waals surface area contributed by atoms with Crippen LogP contribution in [0.15, 0.2) is 24.3 Å². The fourth-order valence-corrected chi connectivity index (χ4v) is 4.06. The van der Waals surface area contributed by atoms with Crippen molar-refractivity contribution in [1.29, 1.82) is 0 Å². The number of hydrogen-bond donors (Lipinski definition) is 0. The van der Waals surface area contributed by atoms with Gasteiger partial charge in [0.1, 0.15) is 24.4 Å². The molecule has 0 aromatic heterocycles. The van der Waals surface area contributed by atoms with Gasteiger partial charge in [0, 0.05) is 3.57 Å². The number of halogens is 1. The Kier molecular flexibility index (Phi) is 5.09. The summed E-state index contributed by atoms with van der Waals surface area (Å²) in [6.45, 7) is 8.50. The summed E-state index contributed by atoms with van der Waals surface area (Å²) in [7, 11) is 0. The van der Waals surface area contributed by atoms with Crippen molar-refractivity contribution in [3.05, 3.63) is 33.4 Å². The lowest BCUT2D eigenvalue weighted by atomic mass is 9.99. The van der Waals surface area contributed by atoms with Crippen LogP contribution in [0.3, 0.4) is 0 Å². The average molecular weight is 476 g/mol. The summed E-state index contributed by atoms with van der Waals surface area (Å²) < 4.78 is 37.4. The van der Waals surface area contributed by atoms with E-state index in [4.69, 9.17) is 28.4 Å². The second kappa shape index (κ2) is 6.95. The minimum Gasteiger partial charge on any atom is -0.374 e. The molecule has 0 radical (unpaired) electrons. The second-order valence-corrected chi connectivity index (χ2v) is 9.10. The van der Waals surface area contributed by atoms with Gasteiger partial charge >= 0.3 is 0 Å². The van der Waals surface area contributed by atoms with Crippen LogP contribution < -0.4 is 0 Å². The van der Waals surface area contributed by atoms with Crippen LogP contribution in [0.1, 0.15) is 33.3 Å². The summed E-state index contributed by atoms with van der Waals surface area (Å²) >= 11 is 2.29. The summed E-state index contributed by atoms with van der Waals surface area (Å²) in [5, 5.41) is 0. The zero-order valence-electron chi connectivity index (χ0n) is 15.4. The largest absolute Gasteiger partial charge is 0.374 e. The highest BCUT2D eigenvalue weighted by Gasteiger charge is 2.60. The van der Waals surface area contributed by atoms with E-state index in [1.165, 1.54) is 3.57 Å². The van der Waals surface area contributed by atoms with E-state index in [9.17, 15) is 0 Å². The Morgan fingerprint density at radius 1 is 0.885 bits per heavy atom. The summed E-state index contributed by atoms with van der Waals surface area (Å²) in [4.78, 5) is 0. The molecule has 0 N–H and O–H groups in total. The van der Waals surface area contributed by atoms with Crippen molar-refractivity contribution in [3.63, 3.8) is 0 Å². The molecule has 0 aliphatic carbocycles. The number of ether oxygens (including phenoxy) is 6. The van der Waals surface area contributed by atoms with Gasteiger partial charge in [-0.1, -0.05) is 12.1 Å². The highest BCUT2D eigenvalue weighted by Crippen LogP contribution is 2.44. The van der Waals surface area contributed by atoms with E-state index in [0.29, 0.717) is 13.2 Å². The average Bonchev–Trinajstić information content (AvgIpc) is 3.03. The first kappa shape index (κ1) is 19.0. The Morgan fingerprint density at radius 2 is 1.50 bits per heavy atom. The minimum absolute atomic E-state index is 0.238. The van der Waals surface area contributed by atoms with Crippen molar-refractivity contribution < 1.29 is 28.4 Å². The zero-order valence-corrected chi connectivity index (χ0v) is 17.6. The molecular weight excluding hydrogens is 451 g/mol. The van der Waals surface area contributed by atoms with E-state index in [2.05, 4.69) is 46.9 Å². The topological polar surface area (TPSA) is 55.4 Å². The van der Waals surface area contributed by atoms with Crippen LogP contribution in [-0.4, -0.2) is 48.9 Å². The molecule has 7 heteroatoms. The number of rotatable bonds is 4. The third kappa shape index (κ3) is 3.94. The Balaban J connectivity index is 1.43. The van der Waals surface area contributed by atoms with Gasteiger partial charge in [-0.05, 0) is 68.0 Å². The molecule has 1 aromatic carbocycles. The molecule has 5 atom stereocenters. The van der Waals surface area contributed by atoms with Crippen molar-refractivity contribution in [2.24, 2.45) is 0 Å². The van der Waals surface area contributed by atoms with Gasteiger partial charge in [0.05, 0.1) is 13.2 Å². The van der Waals surface area contributed by atoms with Crippen LogP contribution in [0.25, 0.3) is 0 Å². The molecule has 3 saturated heterocycles. The molecule has 3 fully saturated rings. The molecule has 0 amide bonds. The van der Waals surface area contributed by atoms with E-state index >= 15 is 0 Å². The van der Waals surface area contributed by atoms with E-state index in [-0.39, 0.29) is 24.4 Å². The number of benzene rings is 1. The lowest BCUT2D eigenvalue weighted by Crippen LogP contribution is -2.56. The fraction of sp³-hybridized carbons (Fsp3) is 0.684. The lowest BCUT2D eigenvalue weighted by Gasteiger charge is -2.37. The quantitative estimate of drug-likeness (QED) is 0.623. The monoisotopic (exact) mass is 476 g/mol.